The number of aromatic nitrogens is 1. The highest BCUT2D eigenvalue weighted by Crippen LogP contribution is 2.23. The van der Waals surface area contributed by atoms with Crippen LogP contribution in [0, 0.1) is 13.8 Å². The molecule has 0 atom stereocenters. The van der Waals surface area contributed by atoms with Crippen molar-refractivity contribution in [2.24, 2.45) is 0 Å². The molecule has 0 aliphatic heterocycles. The Labute approximate surface area is 101 Å². The first-order valence-electron chi connectivity index (χ1n) is 5.63. The number of carbonyl (C=O) groups excluding carboxylic acids is 1. The average molecular weight is 225 g/mol. The molecule has 1 heterocycles. The molecule has 0 spiro atoms. The number of nitrogens with zero attached hydrogens (tertiary/aromatic N) is 1. The van der Waals surface area contributed by atoms with Crippen LogP contribution in [-0.2, 0) is 0 Å². The van der Waals surface area contributed by atoms with E-state index in [1.54, 1.807) is 13.1 Å². The van der Waals surface area contributed by atoms with Crippen LogP contribution in [0.3, 0.4) is 0 Å². The molecular weight excluding hydrogens is 210 g/mol. The number of carbonyl (C=O) groups is 1. The lowest BCUT2D eigenvalue weighted by Gasteiger charge is -2.08. The van der Waals surface area contributed by atoms with E-state index in [-0.39, 0.29) is 5.78 Å². The van der Waals surface area contributed by atoms with E-state index in [0.29, 0.717) is 5.56 Å². The molecule has 2 rings (SSSR count). The van der Waals surface area contributed by atoms with Crippen LogP contribution in [-0.4, -0.2) is 10.8 Å². The molecule has 0 amide bonds. The molecule has 0 unspecified atom stereocenters. The summed E-state index contributed by atoms with van der Waals surface area (Å²) in [5, 5.41) is 0. The van der Waals surface area contributed by atoms with Gasteiger partial charge in [0.15, 0.2) is 5.78 Å². The van der Waals surface area contributed by atoms with Crippen molar-refractivity contribution in [1.82, 2.24) is 4.98 Å². The molecule has 0 saturated heterocycles. The highest BCUT2D eigenvalue weighted by Gasteiger charge is 2.06. The predicted molar refractivity (Wildman–Crippen MR) is 69.2 cm³/mol. The van der Waals surface area contributed by atoms with Crippen molar-refractivity contribution in [3.05, 3.63) is 53.2 Å². The first-order valence-corrected chi connectivity index (χ1v) is 5.63. The molecule has 1 aromatic heterocycles. The first kappa shape index (κ1) is 11.5. The Bertz CT molecular complexity index is 556. The van der Waals surface area contributed by atoms with Gasteiger partial charge in [-0.05, 0) is 44.0 Å². The summed E-state index contributed by atoms with van der Waals surface area (Å²) in [6, 6.07) is 9.89. The van der Waals surface area contributed by atoms with E-state index in [0.717, 1.165) is 11.3 Å². The minimum atomic E-state index is 0.0463. The van der Waals surface area contributed by atoms with Crippen LogP contribution in [0.25, 0.3) is 11.3 Å². The number of hydrogen-bond donors (Lipinski definition) is 0. The van der Waals surface area contributed by atoms with E-state index in [1.165, 1.54) is 11.1 Å². The molecule has 0 fully saturated rings. The van der Waals surface area contributed by atoms with Crippen molar-refractivity contribution in [2.45, 2.75) is 20.8 Å². The van der Waals surface area contributed by atoms with Gasteiger partial charge in [-0.2, -0.15) is 0 Å². The highest BCUT2D eigenvalue weighted by molar-refractivity contribution is 5.94. The molecule has 0 aliphatic rings. The van der Waals surface area contributed by atoms with Gasteiger partial charge in [0.25, 0.3) is 0 Å². The Morgan fingerprint density at radius 1 is 1.12 bits per heavy atom. The third kappa shape index (κ3) is 2.26. The molecule has 1 aromatic carbocycles. The van der Waals surface area contributed by atoms with Crippen molar-refractivity contribution in [2.75, 3.05) is 0 Å². The third-order valence-corrected chi connectivity index (χ3v) is 3.05. The molecule has 2 aromatic rings. The number of pyridine rings is 1. The van der Waals surface area contributed by atoms with Crippen molar-refractivity contribution in [1.29, 1.82) is 0 Å². The Kier molecular flexibility index (Phi) is 3.05. The molecule has 86 valence electrons. The van der Waals surface area contributed by atoms with Crippen molar-refractivity contribution < 1.29 is 4.79 Å². The van der Waals surface area contributed by atoms with Gasteiger partial charge in [0, 0.05) is 17.3 Å². The fourth-order valence-corrected chi connectivity index (χ4v) is 1.79. The summed E-state index contributed by atoms with van der Waals surface area (Å²) in [6.07, 6.45) is 1.64. The summed E-state index contributed by atoms with van der Waals surface area (Å²) in [5.74, 6) is 0.0463. The quantitative estimate of drug-likeness (QED) is 0.731. The van der Waals surface area contributed by atoms with Gasteiger partial charge in [-0.3, -0.25) is 9.78 Å². The van der Waals surface area contributed by atoms with Crippen molar-refractivity contribution >= 4 is 5.78 Å². The fourth-order valence-electron chi connectivity index (χ4n) is 1.79. The van der Waals surface area contributed by atoms with Crippen LogP contribution >= 0.6 is 0 Å². The summed E-state index contributed by atoms with van der Waals surface area (Å²) in [4.78, 5) is 15.5. The zero-order chi connectivity index (χ0) is 12.4. The Balaban J connectivity index is 2.47. The minimum absolute atomic E-state index is 0.0463. The number of Topliss-reactive ketones (excluding diaryl/α,β-unsaturated/α-hetero) is 1. The highest BCUT2D eigenvalue weighted by atomic mass is 16.1. The standard InChI is InChI=1S/C15H15NO/c1-10-5-4-6-14(11(10)2)15-8-7-13(9-16-15)12(3)17/h4-9H,1-3H3. The van der Waals surface area contributed by atoms with Gasteiger partial charge >= 0.3 is 0 Å². The van der Waals surface area contributed by atoms with Crippen LogP contribution < -0.4 is 0 Å². The van der Waals surface area contributed by atoms with Gasteiger partial charge in [-0.15, -0.1) is 0 Å². The lowest BCUT2D eigenvalue weighted by atomic mass is 10.0. The molecule has 2 heteroatoms. The van der Waals surface area contributed by atoms with Crippen LogP contribution in [0.1, 0.15) is 28.4 Å². The van der Waals surface area contributed by atoms with Gasteiger partial charge in [-0.1, -0.05) is 18.2 Å². The Morgan fingerprint density at radius 3 is 2.47 bits per heavy atom. The van der Waals surface area contributed by atoms with E-state index in [1.807, 2.05) is 18.2 Å². The summed E-state index contributed by atoms with van der Waals surface area (Å²) in [6.45, 7) is 5.72. The van der Waals surface area contributed by atoms with Gasteiger partial charge in [0.05, 0.1) is 5.69 Å². The molecular formula is C15H15NO. The van der Waals surface area contributed by atoms with E-state index < -0.39 is 0 Å². The van der Waals surface area contributed by atoms with Gasteiger partial charge in [0.2, 0.25) is 0 Å². The fraction of sp³-hybridized carbons (Fsp3) is 0.200. The van der Waals surface area contributed by atoms with Gasteiger partial charge in [-0.25, -0.2) is 0 Å². The number of ketones is 1. The largest absolute Gasteiger partial charge is 0.294 e. The van der Waals surface area contributed by atoms with Crippen LogP contribution in [0.15, 0.2) is 36.5 Å². The first-order chi connectivity index (χ1) is 8.09. The second kappa shape index (κ2) is 4.50. The monoisotopic (exact) mass is 225 g/mol. The topological polar surface area (TPSA) is 30.0 Å². The predicted octanol–water partition coefficient (Wildman–Crippen LogP) is 3.57. The Morgan fingerprint density at radius 2 is 1.88 bits per heavy atom. The molecule has 0 saturated carbocycles. The van der Waals surface area contributed by atoms with Crippen LogP contribution in [0.4, 0.5) is 0 Å². The summed E-state index contributed by atoms with van der Waals surface area (Å²) in [7, 11) is 0. The second-order valence-electron chi connectivity index (χ2n) is 4.24. The van der Waals surface area contributed by atoms with Crippen molar-refractivity contribution in [3.8, 4) is 11.3 Å². The SMILES string of the molecule is CC(=O)c1ccc(-c2cccc(C)c2C)nc1. The normalized spacial score (nSPS) is 10.3. The van der Waals surface area contributed by atoms with Crippen LogP contribution in [0.2, 0.25) is 0 Å². The van der Waals surface area contributed by atoms with Crippen molar-refractivity contribution in [3.63, 3.8) is 0 Å². The smallest absolute Gasteiger partial charge is 0.161 e. The molecule has 0 aliphatic carbocycles. The maximum atomic E-state index is 11.2. The maximum Gasteiger partial charge on any atom is 0.161 e. The number of aryl methyl sites for hydroxylation is 1. The summed E-state index contributed by atoms with van der Waals surface area (Å²) >= 11 is 0. The summed E-state index contributed by atoms with van der Waals surface area (Å²) in [5.41, 5.74) is 5.17. The maximum absolute atomic E-state index is 11.2. The van der Waals surface area contributed by atoms with E-state index in [2.05, 4.69) is 31.0 Å². The van der Waals surface area contributed by atoms with Gasteiger partial charge in [0.1, 0.15) is 0 Å². The third-order valence-electron chi connectivity index (χ3n) is 3.05. The number of benzene rings is 1. The van der Waals surface area contributed by atoms with E-state index >= 15 is 0 Å². The minimum Gasteiger partial charge on any atom is -0.294 e. The average Bonchev–Trinajstić information content (AvgIpc) is 2.33. The molecule has 0 N–H and O–H groups in total. The molecule has 17 heavy (non-hydrogen) atoms. The molecule has 2 nitrogen and oxygen atoms in total. The Hall–Kier alpha value is -1.96. The zero-order valence-corrected chi connectivity index (χ0v) is 10.3. The molecule has 0 bridgehead atoms. The number of hydrogen-bond acceptors (Lipinski definition) is 2. The second-order valence-corrected chi connectivity index (χ2v) is 4.24. The number of rotatable bonds is 2. The summed E-state index contributed by atoms with van der Waals surface area (Å²) < 4.78 is 0. The van der Waals surface area contributed by atoms with Crippen LogP contribution in [0.5, 0.6) is 0 Å². The molecule has 0 radical (unpaired) electrons. The zero-order valence-electron chi connectivity index (χ0n) is 10.3. The van der Waals surface area contributed by atoms with Gasteiger partial charge < -0.3 is 0 Å². The van der Waals surface area contributed by atoms with E-state index in [4.69, 9.17) is 0 Å². The lowest BCUT2D eigenvalue weighted by Crippen LogP contribution is -1.95. The lowest BCUT2D eigenvalue weighted by molar-refractivity contribution is 0.101. The van der Waals surface area contributed by atoms with E-state index in [9.17, 15) is 4.79 Å².